The van der Waals surface area contributed by atoms with Gasteiger partial charge in [-0.05, 0) is 30.5 Å². The number of aromatic amines is 1. The number of nitrogens with one attached hydrogen (secondary N) is 2. The number of halogens is 2. The fourth-order valence-electron chi connectivity index (χ4n) is 3.96. The van der Waals surface area contributed by atoms with Crippen molar-refractivity contribution in [3.63, 3.8) is 0 Å². The molecule has 0 atom stereocenters. The van der Waals surface area contributed by atoms with Gasteiger partial charge in [0, 0.05) is 41.5 Å². The fraction of sp³-hybridized carbons (Fsp3) is 0.160. The van der Waals surface area contributed by atoms with Crippen molar-refractivity contribution >= 4 is 28.4 Å². The summed E-state index contributed by atoms with van der Waals surface area (Å²) < 4.78 is 34.9. The molecule has 172 valence electrons. The van der Waals surface area contributed by atoms with Crippen LogP contribution in [0.25, 0.3) is 10.9 Å². The number of primary amides is 1. The highest BCUT2D eigenvalue weighted by Gasteiger charge is 2.51. The Kier molecular flexibility index (Phi) is 5.24. The van der Waals surface area contributed by atoms with E-state index in [0.29, 0.717) is 18.5 Å². The Morgan fingerprint density at radius 2 is 1.91 bits per heavy atom. The molecule has 4 aromatic rings. The molecule has 0 bridgehead atoms. The van der Waals surface area contributed by atoms with Gasteiger partial charge in [-0.1, -0.05) is 18.2 Å². The monoisotopic (exact) mass is 462 g/mol. The number of benzene rings is 2. The number of carbonyl (C=O) groups is 2. The Balaban J connectivity index is 1.31. The number of anilines is 1. The summed E-state index contributed by atoms with van der Waals surface area (Å²) in [6.45, 7) is 0. The maximum absolute atomic E-state index is 14.7. The predicted octanol–water partition coefficient (Wildman–Crippen LogP) is 4.33. The largest absolute Gasteiger partial charge is 0.454 e. The molecule has 0 aliphatic heterocycles. The van der Waals surface area contributed by atoms with Crippen LogP contribution in [-0.2, 0) is 21.4 Å². The maximum Gasteiger partial charge on any atom is 0.229 e. The summed E-state index contributed by atoms with van der Waals surface area (Å²) in [5.74, 6) is -2.87. The van der Waals surface area contributed by atoms with Crippen molar-refractivity contribution < 1.29 is 23.1 Å². The van der Waals surface area contributed by atoms with Gasteiger partial charge < -0.3 is 20.8 Å². The highest BCUT2D eigenvalue weighted by Crippen LogP contribution is 2.47. The summed E-state index contributed by atoms with van der Waals surface area (Å²) in [5, 5.41) is 3.29. The minimum Gasteiger partial charge on any atom is -0.454 e. The SMILES string of the molecule is NC(=O)C1(c2cc(Oc3cc(F)c(NC(=O)Cc4c[nH]c5ccccc45)cc3F)ccn2)CC1. The van der Waals surface area contributed by atoms with Crippen LogP contribution in [0.4, 0.5) is 14.5 Å². The van der Waals surface area contributed by atoms with Gasteiger partial charge in [-0.15, -0.1) is 0 Å². The van der Waals surface area contributed by atoms with Crippen molar-refractivity contribution in [2.75, 3.05) is 5.32 Å². The first-order chi connectivity index (χ1) is 16.4. The molecule has 9 heteroatoms. The highest BCUT2D eigenvalue weighted by molar-refractivity contribution is 5.96. The van der Waals surface area contributed by atoms with Crippen LogP contribution in [0.2, 0.25) is 0 Å². The van der Waals surface area contributed by atoms with Gasteiger partial charge in [-0.3, -0.25) is 14.6 Å². The van der Waals surface area contributed by atoms with E-state index in [0.717, 1.165) is 28.6 Å². The van der Waals surface area contributed by atoms with Crippen LogP contribution in [0.15, 0.2) is 60.9 Å². The molecule has 1 saturated carbocycles. The zero-order valence-electron chi connectivity index (χ0n) is 17.9. The molecule has 34 heavy (non-hydrogen) atoms. The van der Waals surface area contributed by atoms with Crippen LogP contribution < -0.4 is 15.8 Å². The molecule has 1 aliphatic rings. The summed E-state index contributed by atoms with van der Waals surface area (Å²) in [6.07, 6.45) is 4.28. The third kappa shape index (κ3) is 3.96. The van der Waals surface area contributed by atoms with Gasteiger partial charge in [0.1, 0.15) is 5.75 Å². The Hall–Kier alpha value is -4.27. The van der Waals surface area contributed by atoms with Gasteiger partial charge >= 0.3 is 0 Å². The Bertz CT molecular complexity index is 1430. The van der Waals surface area contributed by atoms with Crippen LogP contribution in [0.3, 0.4) is 0 Å². The number of ether oxygens (including phenoxy) is 1. The predicted molar refractivity (Wildman–Crippen MR) is 121 cm³/mol. The Morgan fingerprint density at radius 3 is 2.68 bits per heavy atom. The van der Waals surface area contributed by atoms with Gasteiger partial charge in [0.2, 0.25) is 11.8 Å². The molecule has 2 aromatic heterocycles. The summed E-state index contributed by atoms with van der Waals surface area (Å²) in [5.41, 5.74) is 6.40. The summed E-state index contributed by atoms with van der Waals surface area (Å²) in [6, 6.07) is 12.2. The number of rotatable bonds is 7. The lowest BCUT2D eigenvalue weighted by atomic mass is 10.0. The molecular formula is C25H20F2N4O3. The third-order valence-corrected chi connectivity index (χ3v) is 5.99. The van der Waals surface area contributed by atoms with Gasteiger partial charge in [0.05, 0.1) is 23.2 Å². The highest BCUT2D eigenvalue weighted by atomic mass is 19.1. The van der Waals surface area contributed by atoms with Crippen LogP contribution in [0.5, 0.6) is 11.5 Å². The minimum absolute atomic E-state index is 0.00920. The number of hydrogen-bond donors (Lipinski definition) is 3. The molecule has 0 saturated heterocycles. The smallest absolute Gasteiger partial charge is 0.229 e. The molecule has 4 N–H and O–H groups in total. The molecule has 5 rings (SSSR count). The van der Waals surface area contributed by atoms with E-state index in [1.54, 1.807) is 6.20 Å². The number of pyridine rings is 1. The van der Waals surface area contributed by atoms with Crippen LogP contribution >= 0.6 is 0 Å². The second kappa shape index (κ2) is 8.26. The molecular weight excluding hydrogens is 442 g/mol. The quantitative estimate of drug-likeness (QED) is 0.380. The number of nitrogens with two attached hydrogens (primary N) is 1. The van der Waals surface area contributed by atoms with Crippen molar-refractivity contribution in [3.8, 4) is 11.5 Å². The van der Waals surface area contributed by atoms with Gasteiger partial charge in [0.25, 0.3) is 0 Å². The number of H-pyrrole nitrogens is 1. The third-order valence-electron chi connectivity index (χ3n) is 5.99. The zero-order chi connectivity index (χ0) is 23.9. The zero-order valence-corrected chi connectivity index (χ0v) is 17.9. The molecule has 0 unspecified atom stereocenters. The number of fused-ring (bicyclic) bond motifs is 1. The Morgan fingerprint density at radius 1 is 1.12 bits per heavy atom. The molecule has 2 heterocycles. The van der Waals surface area contributed by atoms with Crippen LogP contribution in [0, 0.1) is 11.6 Å². The lowest BCUT2D eigenvalue weighted by Crippen LogP contribution is -2.29. The lowest BCUT2D eigenvalue weighted by molar-refractivity contribution is -0.120. The normalized spacial score (nSPS) is 14.1. The van der Waals surface area contributed by atoms with E-state index in [1.165, 1.54) is 18.3 Å². The van der Waals surface area contributed by atoms with E-state index >= 15 is 0 Å². The Labute approximate surface area is 192 Å². The van der Waals surface area contributed by atoms with Gasteiger partial charge in [0.15, 0.2) is 17.4 Å². The van der Waals surface area contributed by atoms with Crippen LogP contribution in [-0.4, -0.2) is 21.8 Å². The molecule has 0 radical (unpaired) electrons. The molecule has 1 aliphatic carbocycles. The van der Waals surface area contributed by atoms with Crippen molar-refractivity contribution in [2.45, 2.75) is 24.7 Å². The first kappa shape index (κ1) is 21.6. The summed E-state index contributed by atoms with van der Waals surface area (Å²) in [7, 11) is 0. The number of para-hydroxylation sites is 1. The second-order valence-electron chi connectivity index (χ2n) is 8.27. The van der Waals surface area contributed by atoms with Gasteiger partial charge in [-0.25, -0.2) is 8.78 Å². The fourth-order valence-corrected chi connectivity index (χ4v) is 3.96. The first-order valence-electron chi connectivity index (χ1n) is 10.6. The molecule has 0 spiro atoms. The van der Waals surface area contributed by atoms with E-state index in [-0.39, 0.29) is 23.6 Å². The first-order valence-corrected chi connectivity index (χ1v) is 10.6. The summed E-state index contributed by atoms with van der Waals surface area (Å²) in [4.78, 5) is 31.4. The number of amides is 2. The number of carbonyl (C=O) groups excluding carboxylic acids is 2. The molecule has 2 aromatic carbocycles. The number of nitrogens with zero attached hydrogens (tertiary/aromatic N) is 1. The molecule has 1 fully saturated rings. The van der Waals surface area contributed by atoms with Crippen molar-refractivity contribution in [3.05, 3.63) is 83.8 Å². The average molecular weight is 462 g/mol. The topological polar surface area (TPSA) is 110 Å². The second-order valence-corrected chi connectivity index (χ2v) is 8.27. The van der Waals surface area contributed by atoms with Crippen molar-refractivity contribution in [2.24, 2.45) is 5.73 Å². The molecule has 2 amide bonds. The lowest BCUT2D eigenvalue weighted by Gasteiger charge is -2.13. The average Bonchev–Trinajstić information content (AvgIpc) is 3.54. The van der Waals surface area contributed by atoms with E-state index in [1.807, 2.05) is 24.3 Å². The number of hydrogen-bond acceptors (Lipinski definition) is 4. The van der Waals surface area contributed by atoms with E-state index in [9.17, 15) is 18.4 Å². The van der Waals surface area contributed by atoms with Crippen LogP contribution in [0.1, 0.15) is 24.1 Å². The van der Waals surface area contributed by atoms with E-state index in [2.05, 4.69) is 15.3 Å². The molecule has 7 nitrogen and oxygen atoms in total. The van der Waals surface area contributed by atoms with Crippen molar-refractivity contribution in [1.29, 1.82) is 0 Å². The summed E-state index contributed by atoms with van der Waals surface area (Å²) >= 11 is 0. The minimum atomic E-state index is -0.863. The van der Waals surface area contributed by atoms with E-state index in [4.69, 9.17) is 10.5 Å². The maximum atomic E-state index is 14.7. The van der Waals surface area contributed by atoms with E-state index < -0.39 is 28.9 Å². The van der Waals surface area contributed by atoms with Crippen molar-refractivity contribution in [1.82, 2.24) is 9.97 Å². The van der Waals surface area contributed by atoms with Gasteiger partial charge in [-0.2, -0.15) is 0 Å². The standard InChI is InChI=1S/C25H20F2N4O3/c26-17-12-21(34-15-5-8-29-22(10-15)25(6-7-25)24(28)33)18(27)11-20(17)31-23(32)9-14-13-30-19-4-2-1-3-16(14)19/h1-5,8,10-13,30H,6-7,9H2,(H2,28,33)(H,31,32). The number of aromatic nitrogens is 2.